The van der Waals surface area contributed by atoms with E-state index in [4.69, 9.17) is 9.73 Å². The summed E-state index contributed by atoms with van der Waals surface area (Å²) in [4.78, 5) is 7.36. The van der Waals surface area contributed by atoms with E-state index in [-0.39, 0.29) is 18.0 Å². The summed E-state index contributed by atoms with van der Waals surface area (Å²) in [6.07, 6.45) is -0.995. The fraction of sp³-hybridized carbons (Fsp3) is 0.323. The van der Waals surface area contributed by atoms with Crippen molar-refractivity contribution in [2.45, 2.75) is 44.9 Å². The molecule has 3 aromatic rings. The summed E-state index contributed by atoms with van der Waals surface area (Å²) in [6.45, 7) is 4.71. The minimum atomic E-state index is -4.39. The Balaban J connectivity index is 1.88. The lowest BCUT2D eigenvalue weighted by Crippen LogP contribution is -2.36. The highest BCUT2D eigenvalue weighted by atomic mass is 19.4. The molecular formula is C31H33F3N2O. The lowest BCUT2D eigenvalue weighted by atomic mass is 9.90. The average molecular weight is 507 g/mol. The summed E-state index contributed by atoms with van der Waals surface area (Å²) < 4.78 is 45.9. The van der Waals surface area contributed by atoms with Crippen molar-refractivity contribution >= 4 is 11.4 Å². The molecule has 0 saturated heterocycles. The molecular weight excluding hydrogens is 473 g/mol. The molecule has 6 heteroatoms. The van der Waals surface area contributed by atoms with Gasteiger partial charge in [0.1, 0.15) is 5.84 Å². The Bertz CT molecular complexity index is 1220. The van der Waals surface area contributed by atoms with E-state index in [1.807, 2.05) is 54.7 Å². The second kappa shape index (κ2) is 11.8. The van der Waals surface area contributed by atoms with E-state index in [0.717, 1.165) is 35.0 Å². The average Bonchev–Trinajstić information content (AvgIpc) is 2.91. The molecule has 3 aromatic carbocycles. The quantitative estimate of drug-likeness (QED) is 0.240. The van der Waals surface area contributed by atoms with Crippen LogP contribution in [0, 0.1) is 5.92 Å². The largest absolute Gasteiger partial charge is 0.416 e. The molecule has 0 saturated carbocycles. The summed E-state index contributed by atoms with van der Waals surface area (Å²) in [5.41, 5.74) is 2.88. The van der Waals surface area contributed by atoms with Crippen molar-refractivity contribution in [1.82, 2.24) is 4.90 Å². The van der Waals surface area contributed by atoms with Gasteiger partial charge < -0.3 is 9.64 Å². The molecule has 0 fully saturated rings. The smallest absolute Gasteiger partial charge is 0.382 e. The molecule has 37 heavy (non-hydrogen) atoms. The maximum absolute atomic E-state index is 13.5. The van der Waals surface area contributed by atoms with Gasteiger partial charge in [-0.05, 0) is 47.6 Å². The van der Waals surface area contributed by atoms with E-state index in [0.29, 0.717) is 18.6 Å². The van der Waals surface area contributed by atoms with Crippen molar-refractivity contribution in [1.29, 1.82) is 0 Å². The highest BCUT2D eigenvalue weighted by molar-refractivity contribution is 6.00. The Kier molecular flexibility index (Phi) is 8.49. The molecule has 0 aliphatic carbocycles. The minimum Gasteiger partial charge on any atom is -0.382 e. The molecule has 4 rings (SSSR count). The van der Waals surface area contributed by atoms with Gasteiger partial charge in [0, 0.05) is 18.9 Å². The van der Waals surface area contributed by atoms with Crippen LogP contribution in [0.2, 0.25) is 0 Å². The van der Waals surface area contributed by atoms with Gasteiger partial charge in [-0.2, -0.15) is 13.2 Å². The van der Waals surface area contributed by atoms with Gasteiger partial charge in [-0.3, -0.25) is 4.99 Å². The van der Waals surface area contributed by atoms with E-state index >= 15 is 0 Å². The van der Waals surface area contributed by atoms with E-state index in [1.54, 1.807) is 13.2 Å². The monoisotopic (exact) mass is 506 g/mol. The number of amidine groups is 1. The second-order valence-corrected chi connectivity index (χ2v) is 9.69. The molecule has 0 amide bonds. The van der Waals surface area contributed by atoms with Crippen LogP contribution in [0.3, 0.4) is 0 Å². The van der Waals surface area contributed by atoms with E-state index < -0.39 is 11.7 Å². The number of aliphatic imine (C=N–C) groups is 1. The van der Waals surface area contributed by atoms with Crippen LogP contribution in [0.4, 0.5) is 13.2 Å². The minimum absolute atomic E-state index is 0.00920. The van der Waals surface area contributed by atoms with E-state index in [1.165, 1.54) is 12.1 Å². The molecule has 0 unspecified atom stereocenters. The lowest BCUT2D eigenvalue weighted by Gasteiger charge is -2.37. The topological polar surface area (TPSA) is 24.8 Å². The predicted octanol–water partition coefficient (Wildman–Crippen LogP) is 8.00. The third kappa shape index (κ3) is 6.50. The summed E-state index contributed by atoms with van der Waals surface area (Å²) in [6, 6.07) is 25.7. The number of hydrogen-bond donors (Lipinski definition) is 0. The van der Waals surface area contributed by atoms with Crippen molar-refractivity contribution in [3.8, 4) is 0 Å². The third-order valence-electron chi connectivity index (χ3n) is 6.73. The standard InChI is InChI=1S/C31H33F3N2O/c1-22(2)28(21-37-3)35-30(24-13-8-5-9-14-24)36-20-26(17-18-29(36)23-11-6-4-7-12-23)25-15-10-16-27(19-25)31(32,33)34/h4-16,19-20,22,28-29H,17-18,21H2,1-3H3/t28-,29+/m1/s1. The van der Waals surface area contributed by atoms with Gasteiger partial charge in [-0.1, -0.05) is 86.6 Å². The van der Waals surface area contributed by atoms with Crippen molar-refractivity contribution in [3.05, 3.63) is 113 Å². The highest BCUT2D eigenvalue weighted by Crippen LogP contribution is 2.39. The summed E-state index contributed by atoms with van der Waals surface area (Å²) in [7, 11) is 1.67. The van der Waals surface area contributed by atoms with Crippen molar-refractivity contribution in [2.75, 3.05) is 13.7 Å². The normalized spacial score (nSPS) is 17.6. The SMILES string of the molecule is COC[C@@H](N=C(c1ccccc1)N1C=C(c2cccc(C(F)(F)F)c2)CC[C@H]1c1ccccc1)C(C)C. The fourth-order valence-corrected chi connectivity index (χ4v) is 4.66. The van der Waals surface area contributed by atoms with Gasteiger partial charge in [0.15, 0.2) is 0 Å². The van der Waals surface area contributed by atoms with Crippen LogP contribution >= 0.6 is 0 Å². The van der Waals surface area contributed by atoms with Gasteiger partial charge in [-0.15, -0.1) is 0 Å². The van der Waals surface area contributed by atoms with Gasteiger partial charge in [0.25, 0.3) is 0 Å². The van der Waals surface area contributed by atoms with Crippen LogP contribution in [-0.4, -0.2) is 30.5 Å². The predicted molar refractivity (Wildman–Crippen MR) is 143 cm³/mol. The van der Waals surface area contributed by atoms with Crippen molar-refractivity contribution in [2.24, 2.45) is 10.9 Å². The zero-order valence-electron chi connectivity index (χ0n) is 21.5. The summed E-state index contributed by atoms with van der Waals surface area (Å²) >= 11 is 0. The Morgan fingerprint density at radius 2 is 1.65 bits per heavy atom. The van der Waals surface area contributed by atoms with Crippen LogP contribution in [0.5, 0.6) is 0 Å². The van der Waals surface area contributed by atoms with Crippen molar-refractivity contribution < 1.29 is 17.9 Å². The lowest BCUT2D eigenvalue weighted by molar-refractivity contribution is -0.137. The zero-order chi connectivity index (χ0) is 26.4. The first-order chi connectivity index (χ1) is 17.8. The van der Waals surface area contributed by atoms with Gasteiger partial charge in [0.05, 0.1) is 24.3 Å². The molecule has 1 aliphatic rings. The number of alkyl halides is 3. The fourth-order valence-electron chi connectivity index (χ4n) is 4.66. The molecule has 0 bridgehead atoms. The molecule has 0 N–H and O–H groups in total. The van der Waals surface area contributed by atoms with Gasteiger partial charge >= 0.3 is 6.18 Å². The first-order valence-corrected chi connectivity index (χ1v) is 12.6. The highest BCUT2D eigenvalue weighted by Gasteiger charge is 2.32. The molecule has 0 radical (unpaired) electrons. The number of ether oxygens (including phenoxy) is 1. The third-order valence-corrected chi connectivity index (χ3v) is 6.73. The van der Waals surface area contributed by atoms with Gasteiger partial charge in [-0.25, -0.2) is 0 Å². The number of halogens is 3. The van der Waals surface area contributed by atoms with E-state index in [2.05, 4.69) is 30.9 Å². The molecule has 2 atom stereocenters. The molecule has 0 aromatic heterocycles. The number of nitrogens with zero attached hydrogens (tertiary/aromatic N) is 2. The number of benzene rings is 3. The number of methoxy groups -OCH3 is 1. The summed E-state index contributed by atoms with van der Waals surface area (Å²) in [5.74, 6) is 1.03. The second-order valence-electron chi connectivity index (χ2n) is 9.69. The number of allylic oxidation sites excluding steroid dienone is 1. The molecule has 194 valence electrons. The number of hydrogen-bond acceptors (Lipinski definition) is 2. The van der Waals surface area contributed by atoms with Crippen LogP contribution in [0.1, 0.15) is 55.0 Å². The molecule has 1 aliphatic heterocycles. The Morgan fingerprint density at radius 1 is 0.973 bits per heavy atom. The Labute approximate surface area is 217 Å². The maximum Gasteiger partial charge on any atom is 0.416 e. The maximum atomic E-state index is 13.5. The Morgan fingerprint density at radius 3 is 2.27 bits per heavy atom. The van der Waals surface area contributed by atoms with E-state index in [9.17, 15) is 13.2 Å². The first kappa shape index (κ1) is 26.7. The zero-order valence-corrected chi connectivity index (χ0v) is 21.5. The van der Waals surface area contributed by atoms with Gasteiger partial charge in [0.2, 0.25) is 0 Å². The summed E-state index contributed by atoms with van der Waals surface area (Å²) in [5, 5.41) is 0. The van der Waals surface area contributed by atoms with Crippen LogP contribution in [0.15, 0.2) is 96.1 Å². The van der Waals surface area contributed by atoms with Crippen LogP contribution in [0.25, 0.3) is 5.57 Å². The Hall–Kier alpha value is -3.38. The molecule has 0 spiro atoms. The van der Waals surface area contributed by atoms with Crippen LogP contribution < -0.4 is 0 Å². The molecule has 3 nitrogen and oxygen atoms in total. The van der Waals surface area contributed by atoms with Crippen molar-refractivity contribution in [3.63, 3.8) is 0 Å². The van der Waals surface area contributed by atoms with Crippen LogP contribution in [-0.2, 0) is 10.9 Å². The molecule has 1 heterocycles. The number of rotatable bonds is 7. The first-order valence-electron chi connectivity index (χ1n) is 12.6.